The van der Waals surface area contributed by atoms with Gasteiger partial charge in [-0.05, 0) is 64.2 Å². The molecule has 0 spiro atoms. The Morgan fingerprint density at radius 1 is 0.521 bits per heavy atom. The van der Waals surface area contributed by atoms with E-state index in [0.717, 1.165) is 77.0 Å². The molecule has 18 nitrogen and oxygen atoms in total. The van der Waals surface area contributed by atoms with Gasteiger partial charge < -0.3 is 64.7 Å². The van der Waals surface area contributed by atoms with Gasteiger partial charge in [-0.1, -0.05) is 147 Å². The lowest BCUT2D eigenvalue weighted by Gasteiger charge is -2.47. The van der Waals surface area contributed by atoms with Gasteiger partial charge in [-0.15, -0.1) is 0 Å². The lowest BCUT2D eigenvalue weighted by molar-refractivity contribution is -0.338. The molecule has 1 saturated heterocycles. The molecule has 71 heavy (non-hydrogen) atoms. The molecule has 0 aromatic carbocycles. The highest BCUT2D eigenvalue weighted by molar-refractivity contribution is 7.47. The molecule has 1 heterocycles. The molecule has 1 saturated carbocycles. The van der Waals surface area contributed by atoms with Crippen molar-refractivity contribution < 1.29 is 87.9 Å². The highest BCUT2D eigenvalue weighted by Gasteiger charge is 2.55. The molecule has 6 unspecified atom stereocenters. The number of carbonyl (C=O) groups is 2. The largest absolute Gasteiger partial charge is 0.472 e. The van der Waals surface area contributed by atoms with Crippen LogP contribution in [-0.4, -0.2) is 151 Å². The molecule has 9 N–H and O–H groups in total. The second-order valence-corrected chi connectivity index (χ2v) is 20.8. The van der Waals surface area contributed by atoms with Crippen LogP contribution in [0.25, 0.3) is 0 Å². The maximum absolute atomic E-state index is 13.4. The van der Waals surface area contributed by atoms with E-state index in [9.17, 15) is 59.9 Å². The zero-order valence-corrected chi connectivity index (χ0v) is 43.9. The van der Waals surface area contributed by atoms with Crippen LogP contribution in [0.3, 0.4) is 0 Å². The van der Waals surface area contributed by atoms with Crippen molar-refractivity contribution in [2.45, 2.75) is 273 Å². The van der Waals surface area contributed by atoms with Crippen molar-refractivity contribution in [3.63, 3.8) is 0 Å². The summed E-state index contributed by atoms with van der Waals surface area (Å²) >= 11 is 0. The number of aliphatic hydroxyl groups excluding tert-OH is 8. The smallest absolute Gasteiger partial charge is 0.462 e. The van der Waals surface area contributed by atoms with Crippen LogP contribution < -0.4 is 0 Å². The van der Waals surface area contributed by atoms with Crippen LogP contribution in [0.1, 0.15) is 200 Å². The third-order valence-electron chi connectivity index (χ3n) is 13.1. The molecule has 1 aliphatic heterocycles. The van der Waals surface area contributed by atoms with Gasteiger partial charge in [0.2, 0.25) is 0 Å². The van der Waals surface area contributed by atoms with Crippen molar-refractivity contribution in [3.05, 3.63) is 24.3 Å². The van der Waals surface area contributed by atoms with Crippen LogP contribution >= 0.6 is 7.82 Å². The van der Waals surface area contributed by atoms with Crippen molar-refractivity contribution in [3.8, 4) is 0 Å². The number of ether oxygens (including phenoxy) is 4. The van der Waals surface area contributed by atoms with Gasteiger partial charge in [-0.25, -0.2) is 4.57 Å². The lowest BCUT2D eigenvalue weighted by Crippen LogP contribution is -2.67. The number of hydrogen-bond acceptors (Lipinski definition) is 17. The Balaban J connectivity index is 1.92. The number of unbranched alkanes of at least 4 members (excludes halogenated alkanes) is 23. The highest BCUT2D eigenvalue weighted by Crippen LogP contribution is 2.48. The lowest BCUT2D eigenvalue weighted by atomic mass is 9.84. The maximum atomic E-state index is 13.4. The number of esters is 2. The summed E-state index contributed by atoms with van der Waals surface area (Å²) < 4.78 is 45.5. The molecular weight excluding hydrogens is 944 g/mol. The van der Waals surface area contributed by atoms with Crippen molar-refractivity contribution in [2.24, 2.45) is 0 Å². The van der Waals surface area contributed by atoms with E-state index in [2.05, 4.69) is 38.2 Å². The van der Waals surface area contributed by atoms with Gasteiger partial charge in [-0.3, -0.25) is 18.6 Å². The molecule has 2 aliphatic rings. The molecule has 19 heteroatoms. The Morgan fingerprint density at radius 2 is 0.930 bits per heavy atom. The molecule has 0 radical (unpaired) electrons. The van der Waals surface area contributed by atoms with Crippen LogP contribution in [0.15, 0.2) is 24.3 Å². The van der Waals surface area contributed by atoms with Crippen LogP contribution in [0.4, 0.5) is 0 Å². The third kappa shape index (κ3) is 28.0. The highest BCUT2D eigenvalue weighted by atomic mass is 31.2. The summed E-state index contributed by atoms with van der Waals surface area (Å²) in [4.78, 5) is 36.6. The van der Waals surface area contributed by atoms with E-state index in [0.29, 0.717) is 12.8 Å². The number of rotatable bonds is 42. The van der Waals surface area contributed by atoms with Gasteiger partial charge in [0.05, 0.1) is 13.2 Å². The molecule has 416 valence electrons. The zero-order valence-electron chi connectivity index (χ0n) is 43.0. The van der Waals surface area contributed by atoms with Gasteiger partial charge in [0.25, 0.3) is 0 Å². The average Bonchev–Trinajstić information content (AvgIpc) is 3.35. The SMILES string of the molecule is CCCCCCCC/C=C\CCCCCCCC(=O)O[C@H](COC(=O)CCCCCCC/C=C\CCCCCCCCC)COP(=O)(O)O[C@@H]1C(O)C(O)[C@@H](O)C(O)[C@H]1O[C@H]1OC(CO)[C@@H](O)C(O)[C@H]1O. The first kappa shape index (κ1) is 65.2. The normalized spacial score (nSPS) is 27.3. The fraction of sp³-hybridized carbons (Fsp3) is 0.885. The van der Waals surface area contributed by atoms with E-state index >= 15 is 0 Å². The van der Waals surface area contributed by atoms with Crippen molar-refractivity contribution in [2.75, 3.05) is 19.8 Å². The number of carbonyl (C=O) groups excluding carboxylic acids is 2. The number of aliphatic hydroxyl groups is 8. The van der Waals surface area contributed by atoms with Gasteiger partial charge in [0.1, 0.15) is 67.6 Å². The predicted molar refractivity (Wildman–Crippen MR) is 268 cm³/mol. The molecule has 0 aromatic rings. The third-order valence-corrected chi connectivity index (χ3v) is 14.1. The van der Waals surface area contributed by atoms with Gasteiger partial charge in [0, 0.05) is 12.8 Å². The fourth-order valence-corrected chi connectivity index (χ4v) is 9.60. The van der Waals surface area contributed by atoms with Gasteiger partial charge in [0.15, 0.2) is 12.4 Å². The molecular formula is C52H95O18P. The molecule has 1 aliphatic carbocycles. The average molecular weight is 1040 g/mol. The molecule has 13 atom stereocenters. The van der Waals surface area contributed by atoms with E-state index in [1.165, 1.54) is 83.5 Å². The number of allylic oxidation sites excluding steroid dienone is 4. The van der Waals surface area contributed by atoms with Crippen molar-refractivity contribution >= 4 is 19.8 Å². The number of hydrogen-bond donors (Lipinski definition) is 9. The molecule has 2 fully saturated rings. The van der Waals surface area contributed by atoms with E-state index in [4.69, 9.17) is 28.0 Å². The summed E-state index contributed by atoms with van der Waals surface area (Å²) in [6.07, 6.45) is 15.3. The van der Waals surface area contributed by atoms with Crippen LogP contribution in [0.2, 0.25) is 0 Å². The fourth-order valence-electron chi connectivity index (χ4n) is 8.63. The summed E-state index contributed by atoms with van der Waals surface area (Å²) in [7, 11) is -5.38. The van der Waals surface area contributed by atoms with E-state index in [1.54, 1.807) is 0 Å². The molecule has 2 rings (SSSR count). The Morgan fingerprint density at radius 3 is 1.39 bits per heavy atom. The molecule has 0 aromatic heterocycles. The van der Waals surface area contributed by atoms with Crippen molar-refractivity contribution in [1.82, 2.24) is 0 Å². The zero-order chi connectivity index (χ0) is 52.3. The Labute approximate surface area is 424 Å². The van der Waals surface area contributed by atoms with E-state index < -0.39 is 113 Å². The minimum absolute atomic E-state index is 0.0220. The summed E-state index contributed by atoms with van der Waals surface area (Å²) in [5, 5.41) is 83.0. The van der Waals surface area contributed by atoms with Gasteiger partial charge in [-0.2, -0.15) is 0 Å². The van der Waals surface area contributed by atoms with Crippen LogP contribution in [0, 0.1) is 0 Å². The van der Waals surface area contributed by atoms with Crippen LogP contribution in [-0.2, 0) is 42.1 Å². The Kier molecular flexibility index (Phi) is 36.3. The first-order valence-electron chi connectivity index (χ1n) is 27.2. The summed E-state index contributed by atoms with van der Waals surface area (Å²) in [5.74, 6) is -1.23. The summed E-state index contributed by atoms with van der Waals surface area (Å²) in [6.45, 7) is 2.22. The topological polar surface area (TPSA) is 289 Å². The Hall–Kier alpha value is -1.87. The Bertz CT molecular complexity index is 1470. The molecule has 0 amide bonds. The monoisotopic (exact) mass is 1040 g/mol. The minimum atomic E-state index is -5.38. The molecule has 0 bridgehead atoms. The number of phosphoric acid groups is 1. The first-order chi connectivity index (χ1) is 34.2. The van der Waals surface area contributed by atoms with Gasteiger partial charge >= 0.3 is 19.8 Å². The second-order valence-electron chi connectivity index (χ2n) is 19.4. The maximum Gasteiger partial charge on any atom is 0.472 e. The van der Waals surface area contributed by atoms with Crippen molar-refractivity contribution in [1.29, 1.82) is 0 Å². The second kappa shape index (κ2) is 39.5. The van der Waals surface area contributed by atoms with Crippen LogP contribution in [0.5, 0.6) is 0 Å². The summed E-state index contributed by atoms with van der Waals surface area (Å²) in [5.41, 5.74) is 0. The number of phosphoric ester groups is 1. The minimum Gasteiger partial charge on any atom is -0.462 e. The standard InChI is InChI=1S/C52H95O18P/c1-3-5-7-9-11-13-15-17-19-21-22-24-26-28-30-32-34-41(54)65-37-39(67-42(55)35-33-31-29-27-25-23-20-18-16-14-12-10-8-6-4-2)38-66-71(63,64)70-51-48(61)46(59)45(58)47(60)50(51)69-52-49(62)44(57)43(56)40(36-53)68-52/h18-21,39-40,43-53,56-62H,3-17,22-38H2,1-2H3,(H,63,64)/b20-18-,21-19-/t39-,40?,43-,44?,45-,46?,47?,48?,49-,50-,51-,52-/m1/s1. The quantitative estimate of drug-likeness (QED) is 0.0128. The summed E-state index contributed by atoms with van der Waals surface area (Å²) in [6, 6.07) is 0. The predicted octanol–water partition coefficient (Wildman–Crippen LogP) is 7.05. The van der Waals surface area contributed by atoms with E-state index in [-0.39, 0.29) is 12.8 Å². The first-order valence-corrected chi connectivity index (χ1v) is 28.7. The van der Waals surface area contributed by atoms with E-state index in [1.807, 2.05) is 0 Å².